The van der Waals surface area contributed by atoms with Crippen LogP contribution < -0.4 is 10.7 Å². The predicted octanol–water partition coefficient (Wildman–Crippen LogP) is 7.03. The number of nitrogens with zero attached hydrogens (tertiary/aromatic N) is 5. The molecule has 2 fully saturated rings. The van der Waals surface area contributed by atoms with Gasteiger partial charge < -0.3 is 34.0 Å². The Balaban J connectivity index is 1.50. The molecule has 372 valence electrons. The first-order chi connectivity index (χ1) is 32.9. The Hall–Kier alpha value is -5.77. The lowest BCUT2D eigenvalue weighted by molar-refractivity contribution is -0.148. The molecule has 1 aromatic heterocycles. The third-order valence-corrected chi connectivity index (χ3v) is 13.9. The number of allylic oxidation sites excluding steroid dienone is 2. The van der Waals surface area contributed by atoms with Crippen LogP contribution in [0.4, 0.5) is 4.39 Å². The van der Waals surface area contributed by atoms with Gasteiger partial charge in [-0.05, 0) is 110 Å². The minimum Gasteiger partial charge on any atom is -0.378 e. The predicted molar refractivity (Wildman–Crippen MR) is 269 cm³/mol. The van der Waals surface area contributed by atoms with Gasteiger partial charge in [-0.15, -0.1) is 0 Å². The third kappa shape index (κ3) is 11.3. The Bertz CT molecular complexity index is 2510. The van der Waals surface area contributed by atoms with E-state index in [9.17, 15) is 24.0 Å². The smallest absolute Gasteiger partial charge is 0.259 e. The number of rotatable bonds is 14. The molecule has 2 aromatic carbocycles. The van der Waals surface area contributed by atoms with Crippen molar-refractivity contribution in [1.29, 1.82) is 0 Å². The van der Waals surface area contributed by atoms with E-state index in [1.807, 2.05) is 52.0 Å². The summed E-state index contributed by atoms with van der Waals surface area (Å²) in [6.45, 7) is 22.7. The van der Waals surface area contributed by atoms with Gasteiger partial charge in [0.25, 0.3) is 5.91 Å². The fourth-order valence-electron chi connectivity index (χ4n) is 10.4. The average molecular weight is 950 g/mol. The first kappa shape index (κ1) is 52.6. The second kappa shape index (κ2) is 22.3. The van der Waals surface area contributed by atoms with Gasteiger partial charge in [0.2, 0.25) is 17.7 Å². The van der Waals surface area contributed by atoms with Crippen molar-refractivity contribution in [3.63, 3.8) is 0 Å². The molecule has 2 N–H and O–H groups in total. The van der Waals surface area contributed by atoms with E-state index in [1.165, 1.54) is 16.0 Å². The average Bonchev–Trinajstić information content (AvgIpc) is 3.95. The van der Waals surface area contributed by atoms with Gasteiger partial charge in [-0.1, -0.05) is 65.1 Å². The lowest BCUT2D eigenvalue weighted by Gasteiger charge is -2.42. The van der Waals surface area contributed by atoms with Gasteiger partial charge in [-0.25, -0.2) is 9.82 Å². The molecule has 3 aliphatic rings. The van der Waals surface area contributed by atoms with Crippen LogP contribution in [-0.4, -0.2) is 126 Å². The van der Waals surface area contributed by atoms with Gasteiger partial charge in [0.1, 0.15) is 30.6 Å². The highest BCUT2D eigenvalue weighted by Crippen LogP contribution is 2.40. The first-order valence-corrected chi connectivity index (χ1v) is 24.2. The summed E-state index contributed by atoms with van der Waals surface area (Å²) in [6.07, 6.45) is 7.12. The van der Waals surface area contributed by atoms with Crippen molar-refractivity contribution in [3.05, 3.63) is 89.8 Å². The molecule has 3 aliphatic heterocycles. The number of hydrazine groups is 1. The molecule has 3 aromatic rings. The highest BCUT2D eigenvalue weighted by molar-refractivity contribution is 5.96. The number of hydrogen-bond donors (Lipinski definition) is 2. The number of hydrogen-bond acceptors (Lipinski definition) is 9. The zero-order valence-electron chi connectivity index (χ0n) is 42.0. The number of aryl methyl sites for hydroxylation is 1. The molecule has 0 spiro atoms. The van der Waals surface area contributed by atoms with Crippen molar-refractivity contribution < 1.29 is 37.8 Å². The number of aliphatic imine (C=N–C) groups is 1. The number of likely N-dealkylation sites (tertiary alicyclic amines) is 1. The van der Waals surface area contributed by atoms with Gasteiger partial charge in [0.15, 0.2) is 0 Å². The second-order valence-corrected chi connectivity index (χ2v) is 19.9. The minimum absolute atomic E-state index is 0.0196. The maximum Gasteiger partial charge on any atom is 0.259 e. The molecule has 0 unspecified atom stereocenters. The molecular weight excluding hydrogens is 878 g/mol. The van der Waals surface area contributed by atoms with Crippen LogP contribution in [0.15, 0.2) is 72.4 Å². The number of amides is 4. The van der Waals surface area contributed by atoms with E-state index >= 15 is 4.39 Å². The molecule has 0 radical (unpaired) electrons. The van der Waals surface area contributed by atoms with Crippen LogP contribution in [0.25, 0.3) is 27.6 Å². The van der Waals surface area contributed by atoms with E-state index in [0.29, 0.717) is 49.9 Å². The Labute approximate surface area is 407 Å². The maximum atomic E-state index is 15.0. The largest absolute Gasteiger partial charge is 0.378 e. The summed E-state index contributed by atoms with van der Waals surface area (Å²) in [4.78, 5) is 76.8. The quantitative estimate of drug-likeness (QED) is 0.0756. The molecular formula is C54H72FN7O7. The zero-order valence-corrected chi connectivity index (χ0v) is 42.0. The van der Waals surface area contributed by atoms with Crippen molar-refractivity contribution in [2.45, 2.75) is 118 Å². The number of likely N-dealkylation sites (N-methyl/N-ethyl adjacent to an activating group) is 1. The van der Waals surface area contributed by atoms with Crippen molar-refractivity contribution in [2.75, 3.05) is 47.0 Å². The molecule has 0 saturated carbocycles. The number of fused-ring (bicyclic) bond motifs is 6. The maximum absolute atomic E-state index is 15.0. The van der Waals surface area contributed by atoms with Crippen LogP contribution >= 0.6 is 0 Å². The summed E-state index contributed by atoms with van der Waals surface area (Å²) in [6, 6.07) is 9.51. The van der Waals surface area contributed by atoms with E-state index in [0.717, 1.165) is 50.8 Å². The van der Waals surface area contributed by atoms with E-state index in [-0.39, 0.29) is 56.6 Å². The fraction of sp³-hybridized carbons (Fsp3) is 0.519. The van der Waals surface area contributed by atoms with Crippen molar-refractivity contribution in [2.24, 2.45) is 22.2 Å². The monoisotopic (exact) mass is 950 g/mol. The van der Waals surface area contributed by atoms with Gasteiger partial charge >= 0.3 is 0 Å². The third-order valence-electron chi connectivity index (χ3n) is 13.9. The number of halogens is 1. The topological polar surface area (TPSA) is 155 Å². The Morgan fingerprint density at radius 1 is 1.09 bits per heavy atom. The summed E-state index contributed by atoms with van der Waals surface area (Å²) in [5, 5.41) is 5.39. The molecule has 2 saturated heterocycles. The van der Waals surface area contributed by atoms with Gasteiger partial charge in [0, 0.05) is 69.4 Å². The molecule has 0 aliphatic carbocycles. The number of carbonyl (C=O) groups excluding carboxylic acids is 5. The summed E-state index contributed by atoms with van der Waals surface area (Å²) < 4.78 is 29.6. The van der Waals surface area contributed by atoms with E-state index in [1.54, 1.807) is 31.3 Å². The lowest BCUT2D eigenvalue weighted by Crippen LogP contribution is -2.66. The lowest BCUT2D eigenvalue weighted by atomic mass is 9.83. The molecule has 69 heavy (non-hydrogen) atoms. The number of benzene rings is 2. The number of nitrogens with one attached hydrogen (secondary N) is 2. The Morgan fingerprint density at radius 3 is 2.48 bits per heavy atom. The van der Waals surface area contributed by atoms with Crippen molar-refractivity contribution >= 4 is 52.6 Å². The number of alkyl halides is 1. The van der Waals surface area contributed by atoms with Gasteiger partial charge in [-0.3, -0.25) is 29.2 Å². The zero-order chi connectivity index (χ0) is 50.4. The SMILES string of the molecule is C=CC(=O)N1CC[C@H](C(=O)N(C)[C@H](C(=O)N[C@H]2Cc3cc(CF)cc(c3)-c3ccc4c(c3)c(c(/C(C=C)=C(/N=CC)[C@H](C)OC)n4CC)CC(C)(C)COC[C@@]3(C=O)CCCN(N3)C2=O)C(C)C)C1. The normalized spacial score (nSPS) is 22.2. The number of aromatic nitrogens is 1. The number of ether oxygens (including phenoxy) is 2. The van der Waals surface area contributed by atoms with Crippen molar-refractivity contribution in [1.82, 2.24) is 30.1 Å². The summed E-state index contributed by atoms with van der Waals surface area (Å²) >= 11 is 0. The second-order valence-electron chi connectivity index (χ2n) is 19.9. The summed E-state index contributed by atoms with van der Waals surface area (Å²) in [5.74, 6) is -2.45. The number of aldehydes is 1. The van der Waals surface area contributed by atoms with Gasteiger partial charge in [0.05, 0.1) is 36.6 Å². The number of carbonyl (C=O) groups is 5. The number of methoxy groups -OCH3 is 1. The Morgan fingerprint density at radius 2 is 1.84 bits per heavy atom. The van der Waals surface area contributed by atoms with Gasteiger partial charge in [-0.2, -0.15) is 0 Å². The molecule has 14 nitrogen and oxygen atoms in total. The minimum atomic E-state index is -1.25. The molecule has 6 bridgehead atoms. The highest BCUT2D eigenvalue weighted by atomic mass is 19.1. The summed E-state index contributed by atoms with van der Waals surface area (Å²) in [7, 11) is 3.23. The summed E-state index contributed by atoms with van der Waals surface area (Å²) in [5.41, 5.74) is 8.60. The van der Waals surface area contributed by atoms with Crippen LogP contribution in [0.3, 0.4) is 0 Å². The van der Waals surface area contributed by atoms with E-state index < -0.39 is 47.4 Å². The molecule has 4 heterocycles. The molecule has 4 amide bonds. The molecule has 6 rings (SSSR count). The van der Waals surface area contributed by atoms with Crippen molar-refractivity contribution in [3.8, 4) is 11.1 Å². The van der Waals surface area contributed by atoms with E-state index in [2.05, 4.69) is 61.4 Å². The first-order valence-electron chi connectivity index (χ1n) is 24.2. The molecule has 5 atom stereocenters. The van der Waals surface area contributed by atoms with Crippen LogP contribution in [0.1, 0.15) is 90.1 Å². The molecule has 15 heteroatoms. The van der Waals surface area contributed by atoms with Crippen LogP contribution in [0.5, 0.6) is 0 Å². The Kier molecular flexibility index (Phi) is 17.0. The van der Waals surface area contributed by atoms with Crippen LogP contribution in [0, 0.1) is 17.3 Å². The fourth-order valence-corrected chi connectivity index (χ4v) is 10.4. The van der Waals surface area contributed by atoms with Crippen LogP contribution in [-0.2, 0) is 59.5 Å². The standard InChI is InChI=1S/C54H72FN7O7/c1-12-41(47(56-14-3)35(7)68-11)49-43-28-53(8,9)32-69-33-54(31-63)20-16-21-62(58-54)52(67)44(57-50(65)48(34(5)6)59(10)51(66)39-19-22-60(30-39)46(64)13-2)26-36-23-37(29-55)25-40(24-36)38-17-18-45(42(43)27-38)61(49)15-4/h12-14,17-18,23-25,27,31,34-35,39,44,48,58H,1-2,15-16,19-22,26,28-30,32-33H2,3-11H3,(H,57,65)/b47-41+,56-14?/t35-,39-,44-,48-,54-/m0/s1. The van der Waals surface area contributed by atoms with E-state index in [4.69, 9.17) is 14.5 Å². The van der Waals surface area contributed by atoms with Crippen LogP contribution in [0.2, 0.25) is 0 Å². The highest BCUT2D eigenvalue weighted by Gasteiger charge is 2.42.